The summed E-state index contributed by atoms with van der Waals surface area (Å²) < 4.78 is 7.71. The number of hydrogen-bond donors (Lipinski definition) is 0. The maximum Gasteiger partial charge on any atom is 0.212 e. The zero-order valence-electron chi connectivity index (χ0n) is 13.8. The van der Waals surface area contributed by atoms with E-state index in [9.17, 15) is 0 Å². The van der Waals surface area contributed by atoms with Crippen LogP contribution >= 0.6 is 35.0 Å². The van der Waals surface area contributed by atoms with E-state index >= 15 is 0 Å². The molecule has 26 heavy (non-hydrogen) atoms. The lowest BCUT2D eigenvalue weighted by atomic mass is 10.1. The second-order valence-corrected chi connectivity index (χ2v) is 7.52. The van der Waals surface area contributed by atoms with Crippen LogP contribution in [0.2, 0.25) is 10.0 Å². The number of rotatable bonds is 4. The Morgan fingerprint density at radius 2 is 1.65 bits per heavy atom. The second-order valence-electron chi connectivity index (χ2n) is 5.71. The summed E-state index contributed by atoms with van der Waals surface area (Å²) in [6.45, 7) is 1.92. The third-order valence-electron chi connectivity index (χ3n) is 3.86. The van der Waals surface area contributed by atoms with Crippen LogP contribution in [-0.2, 0) is 0 Å². The van der Waals surface area contributed by atoms with Crippen molar-refractivity contribution in [2.24, 2.45) is 5.10 Å². The first-order valence-corrected chi connectivity index (χ1v) is 9.68. The number of nitrogens with zero attached hydrogens (tertiary/aromatic N) is 4. The lowest BCUT2D eigenvalue weighted by molar-refractivity contribution is 0.211. The number of hydrogen-bond acceptors (Lipinski definition) is 5. The minimum atomic E-state index is -0.314. The molecule has 1 aliphatic heterocycles. The molecule has 0 saturated carbocycles. The van der Waals surface area contributed by atoms with Crippen molar-refractivity contribution in [2.45, 2.75) is 18.2 Å². The number of aromatic nitrogens is 3. The lowest BCUT2D eigenvalue weighted by Crippen LogP contribution is -2.17. The van der Waals surface area contributed by atoms with Gasteiger partial charge in [0.15, 0.2) is 11.9 Å². The molecule has 2 heterocycles. The quantitative estimate of drug-likeness (QED) is 0.607. The Morgan fingerprint density at radius 1 is 1.00 bits per heavy atom. The third-order valence-corrected chi connectivity index (χ3v) is 5.30. The van der Waals surface area contributed by atoms with E-state index in [2.05, 4.69) is 10.2 Å². The van der Waals surface area contributed by atoms with Gasteiger partial charge < -0.3 is 4.74 Å². The predicted molar refractivity (Wildman–Crippen MR) is 105 cm³/mol. The molecule has 0 unspecified atom stereocenters. The smallest absolute Gasteiger partial charge is 0.212 e. The van der Waals surface area contributed by atoms with Crippen molar-refractivity contribution in [1.29, 1.82) is 0 Å². The Hall–Kier alpha value is -2.02. The molecular weight excluding hydrogens is 391 g/mol. The van der Waals surface area contributed by atoms with Gasteiger partial charge in [-0.15, -0.1) is 10.2 Å². The van der Waals surface area contributed by atoms with Crippen molar-refractivity contribution in [3.63, 3.8) is 0 Å². The van der Waals surface area contributed by atoms with Crippen LogP contribution in [0.25, 0.3) is 0 Å². The van der Waals surface area contributed by atoms with Crippen LogP contribution in [0.15, 0.2) is 58.8 Å². The summed E-state index contributed by atoms with van der Waals surface area (Å²) >= 11 is 13.5. The highest BCUT2D eigenvalue weighted by atomic mass is 35.5. The van der Waals surface area contributed by atoms with Gasteiger partial charge in [0, 0.05) is 15.8 Å². The van der Waals surface area contributed by atoms with Gasteiger partial charge >= 0.3 is 0 Å². The van der Waals surface area contributed by atoms with Crippen LogP contribution in [0, 0.1) is 0 Å². The zero-order valence-corrected chi connectivity index (χ0v) is 16.1. The first kappa shape index (κ1) is 17.4. The van der Waals surface area contributed by atoms with Crippen LogP contribution in [0.1, 0.15) is 24.4 Å². The maximum atomic E-state index is 5.97. The molecule has 2 aromatic carbocycles. The number of halogens is 2. The van der Waals surface area contributed by atoms with Crippen LogP contribution < -0.4 is 4.74 Å². The first-order chi connectivity index (χ1) is 12.6. The summed E-state index contributed by atoms with van der Waals surface area (Å²) in [5.41, 5.74) is 1.97. The second kappa shape index (κ2) is 7.31. The highest BCUT2D eigenvalue weighted by Gasteiger charge is 2.24. The minimum absolute atomic E-state index is 0.314. The molecule has 0 spiro atoms. The van der Waals surface area contributed by atoms with Crippen LogP contribution in [0.4, 0.5) is 0 Å². The summed E-state index contributed by atoms with van der Waals surface area (Å²) in [5, 5.41) is 15.3. The van der Waals surface area contributed by atoms with E-state index in [1.807, 2.05) is 43.3 Å². The van der Waals surface area contributed by atoms with Gasteiger partial charge in [-0.3, -0.25) is 0 Å². The molecular formula is C18H14Cl2N4OS. The van der Waals surface area contributed by atoms with Gasteiger partial charge in [0.1, 0.15) is 5.75 Å². The fourth-order valence-electron chi connectivity index (χ4n) is 2.55. The molecule has 0 aliphatic carbocycles. The average Bonchev–Trinajstić information content (AvgIpc) is 3.07. The number of fused-ring (bicyclic) bond motifs is 1. The first-order valence-electron chi connectivity index (χ1n) is 7.94. The van der Waals surface area contributed by atoms with E-state index in [0.29, 0.717) is 21.6 Å². The number of ether oxygens (including phenoxy) is 1. The SMILES string of the molecule is C[C@@H](Oc1ccc(Cl)cc1)c1nnc2n1N=C(c1ccc(Cl)cc1)CS2. The fraction of sp³-hybridized carbons (Fsp3) is 0.167. The van der Waals surface area contributed by atoms with E-state index < -0.39 is 0 Å². The van der Waals surface area contributed by atoms with Gasteiger partial charge in [-0.2, -0.15) is 9.78 Å². The lowest BCUT2D eigenvalue weighted by Gasteiger charge is -2.17. The van der Waals surface area contributed by atoms with E-state index in [1.165, 1.54) is 0 Å². The molecule has 8 heteroatoms. The van der Waals surface area contributed by atoms with Gasteiger partial charge in [0.05, 0.1) is 5.71 Å². The molecule has 3 aromatic rings. The molecule has 0 fully saturated rings. The highest BCUT2D eigenvalue weighted by molar-refractivity contribution is 7.99. The summed E-state index contributed by atoms with van der Waals surface area (Å²) in [5.74, 6) is 2.09. The van der Waals surface area contributed by atoms with Crippen molar-refractivity contribution in [3.8, 4) is 5.75 Å². The Bertz CT molecular complexity index is 954. The van der Waals surface area contributed by atoms with E-state index in [1.54, 1.807) is 28.6 Å². The Morgan fingerprint density at radius 3 is 2.35 bits per heavy atom. The average molecular weight is 405 g/mol. The molecule has 4 rings (SSSR count). The molecule has 5 nitrogen and oxygen atoms in total. The zero-order chi connectivity index (χ0) is 18.1. The monoisotopic (exact) mass is 404 g/mol. The third kappa shape index (κ3) is 3.58. The normalized spacial score (nSPS) is 14.5. The van der Waals surface area contributed by atoms with Crippen molar-refractivity contribution < 1.29 is 4.74 Å². The highest BCUT2D eigenvalue weighted by Crippen LogP contribution is 2.29. The van der Waals surface area contributed by atoms with Crippen molar-refractivity contribution in [1.82, 2.24) is 14.9 Å². The summed E-state index contributed by atoms with van der Waals surface area (Å²) in [4.78, 5) is 0. The van der Waals surface area contributed by atoms with Crippen molar-refractivity contribution >= 4 is 40.7 Å². The largest absolute Gasteiger partial charge is 0.483 e. The summed E-state index contributed by atoms with van der Waals surface area (Å²) in [6, 6.07) is 14.9. The maximum absolute atomic E-state index is 5.97. The molecule has 1 atom stereocenters. The molecule has 0 N–H and O–H groups in total. The summed E-state index contributed by atoms with van der Waals surface area (Å²) in [7, 11) is 0. The van der Waals surface area contributed by atoms with E-state index in [-0.39, 0.29) is 6.10 Å². The van der Waals surface area contributed by atoms with Crippen LogP contribution in [0.3, 0.4) is 0 Å². The van der Waals surface area contributed by atoms with E-state index in [4.69, 9.17) is 33.0 Å². The van der Waals surface area contributed by atoms with Gasteiger partial charge in [0.2, 0.25) is 5.16 Å². The van der Waals surface area contributed by atoms with Crippen LogP contribution in [-0.4, -0.2) is 26.3 Å². The molecule has 0 bridgehead atoms. The van der Waals surface area contributed by atoms with Gasteiger partial charge in [-0.1, -0.05) is 47.1 Å². The topological polar surface area (TPSA) is 52.3 Å². The molecule has 0 amide bonds. The summed E-state index contributed by atoms with van der Waals surface area (Å²) in [6.07, 6.45) is -0.314. The van der Waals surface area contributed by atoms with E-state index in [0.717, 1.165) is 22.2 Å². The van der Waals surface area contributed by atoms with Gasteiger partial charge in [-0.25, -0.2) is 0 Å². The number of thioether (sulfide) groups is 1. The van der Waals surface area contributed by atoms with Gasteiger partial charge in [0.25, 0.3) is 0 Å². The van der Waals surface area contributed by atoms with Crippen LogP contribution in [0.5, 0.6) is 5.75 Å². The van der Waals surface area contributed by atoms with Gasteiger partial charge in [-0.05, 0) is 48.9 Å². The van der Waals surface area contributed by atoms with Crippen molar-refractivity contribution in [2.75, 3.05) is 5.75 Å². The Labute approximate surface area is 165 Å². The predicted octanol–water partition coefficient (Wildman–Crippen LogP) is 5.08. The molecule has 0 radical (unpaired) electrons. The Kier molecular flexibility index (Phi) is 4.89. The molecule has 1 aromatic heterocycles. The van der Waals surface area contributed by atoms with Crippen molar-refractivity contribution in [3.05, 3.63) is 70.0 Å². The minimum Gasteiger partial charge on any atom is -0.483 e. The fourth-order valence-corrected chi connectivity index (χ4v) is 3.65. The number of benzene rings is 2. The Balaban J connectivity index is 1.61. The standard InChI is InChI=1S/C18H14Cl2N4OS/c1-11(25-15-8-6-14(20)7-9-15)17-21-22-18-24(17)23-16(10-26-18)12-2-4-13(19)5-3-12/h2-9,11H,10H2,1H3/t11-/m1/s1. The molecule has 1 aliphatic rings. The molecule has 132 valence electrons. The molecule has 0 saturated heterocycles.